The van der Waals surface area contributed by atoms with E-state index in [9.17, 15) is 22.8 Å². The molecule has 0 bridgehead atoms. The van der Waals surface area contributed by atoms with Crippen LogP contribution < -0.4 is 9.64 Å². The zero-order chi connectivity index (χ0) is 30.0. The van der Waals surface area contributed by atoms with Gasteiger partial charge in [-0.2, -0.15) is 13.2 Å². The van der Waals surface area contributed by atoms with E-state index in [2.05, 4.69) is 6.92 Å². The lowest BCUT2D eigenvalue weighted by atomic mass is 10.1. The number of amides is 1. The Kier molecular flexibility index (Phi) is 10.4. The molecule has 0 heterocycles. The number of ether oxygens (including phenoxy) is 2. The molecule has 42 heavy (non-hydrogen) atoms. The average Bonchev–Trinajstić information content (AvgIpc) is 3.01. The lowest BCUT2D eigenvalue weighted by Crippen LogP contribution is -2.40. The Morgan fingerprint density at radius 3 is 1.93 bits per heavy atom. The van der Waals surface area contributed by atoms with Crippen molar-refractivity contribution in [1.29, 1.82) is 0 Å². The second-order valence-electron chi connectivity index (χ2n) is 9.83. The van der Waals surface area contributed by atoms with Crippen LogP contribution in [0.4, 0.5) is 18.9 Å². The summed E-state index contributed by atoms with van der Waals surface area (Å²) in [7, 11) is 0. The number of hydrogen-bond donors (Lipinski definition) is 0. The number of benzene rings is 4. The van der Waals surface area contributed by atoms with Gasteiger partial charge in [0.15, 0.2) is 0 Å². The first-order chi connectivity index (χ1) is 20.2. The van der Waals surface area contributed by atoms with Gasteiger partial charge in [-0.05, 0) is 47.2 Å². The summed E-state index contributed by atoms with van der Waals surface area (Å²) in [6, 6.07) is 29.3. The molecule has 0 spiro atoms. The number of aryl methyl sites for hydroxylation is 1. The number of nitrogens with zero attached hydrogens (tertiary/aromatic N) is 1. The molecule has 4 aromatic carbocycles. The summed E-state index contributed by atoms with van der Waals surface area (Å²) < 4.78 is 52.6. The smallest absolute Gasteiger partial charge is 0.471 e. The summed E-state index contributed by atoms with van der Waals surface area (Å²) in [4.78, 5) is 26.3. The number of alkyl halides is 3. The van der Waals surface area contributed by atoms with Crippen molar-refractivity contribution < 1.29 is 32.2 Å². The second kappa shape index (κ2) is 14.3. The Morgan fingerprint density at radius 1 is 0.738 bits per heavy atom. The van der Waals surface area contributed by atoms with Crippen LogP contribution in [0.15, 0.2) is 103 Å². The van der Waals surface area contributed by atoms with Gasteiger partial charge >= 0.3 is 18.1 Å². The van der Waals surface area contributed by atoms with E-state index in [0.29, 0.717) is 10.5 Å². The number of carbonyl (C=O) groups excluding carboxylic acids is 2. The number of carbonyl (C=O) groups is 2. The zero-order valence-corrected chi connectivity index (χ0v) is 23.3. The van der Waals surface area contributed by atoms with Crippen LogP contribution in [0, 0.1) is 0 Å². The van der Waals surface area contributed by atoms with Gasteiger partial charge in [0.2, 0.25) is 0 Å². The summed E-state index contributed by atoms with van der Waals surface area (Å²) in [6.45, 7) is 1.82. The monoisotopic (exact) mass is 575 g/mol. The summed E-state index contributed by atoms with van der Waals surface area (Å²) in [6.07, 6.45) is -2.21. The van der Waals surface area contributed by atoms with Crippen molar-refractivity contribution in [3.8, 4) is 5.75 Å². The fourth-order valence-corrected chi connectivity index (χ4v) is 4.31. The Bertz CT molecular complexity index is 1460. The van der Waals surface area contributed by atoms with Crippen molar-refractivity contribution in [2.75, 3.05) is 4.90 Å². The molecule has 0 saturated carbocycles. The third-order valence-electron chi connectivity index (χ3n) is 6.62. The van der Waals surface area contributed by atoms with Gasteiger partial charge in [-0.3, -0.25) is 4.79 Å². The first-order valence-corrected chi connectivity index (χ1v) is 13.7. The van der Waals surface area contributed by atoms with Gasteiger partial charge in [-0.15, -0.1) is 0 Å². The molecule has 0 aliphatic carbocycles. The van der Waals surface area contributed by atoms with E-state index in [1.54, 1.807) is 24.3 Å². The van der Waals surface area contributed by atoms with Crippen LogP contribution in [0.25, 0.3) is 0 Å². The molecule has 4 rings (SSSR count). The number of halogens is 3. The molecule has 0 fully saturated rings. The van der Waals surface area contributed by atoms with Gasteiger partial charge in [0.25, 0.3) is 0 Å². The molecule has 0 aliphatic heterocycles. The highest BCUT2D eigenvalue weighted by molar-refractivity contribution is 5.99. The number of rotatable bonds is 12. The molecule has 0 aromatic heterocycles. The number of anilines is 1. The van der Waals surface area contributed by atoms with Crippen LogP contribution in [0.1, 0.15) is 52.4 Å². The van der Waals surface area contributed by atoms with E-state index in [1.807, 2.05) is 60.7 Å². The molecule has 0 radical (unpaired) electrons. The van der Waals surface area contributed by atoms with E-state index in [1.165, 1.54) is 18.2 Å². The predicted molar refractivity (Wildman–Crippen MR) is 155 cm³/mol. The van der Waals surface area contributed by atoms with Gasteiger partial charge in [0.05, 0.1) is 6.54 Å². The quantitative estimate of drug-likeness (QED) is 0.160. The Labute approximate surface area is 243 Å². The van der Waals surface area contributed by atoms with Crippen molar-refractivity contribution in [3.63, 3.8) is 0 Å². The van der Waals surface area contributed by atoms with Crippen LogP contribution in [0.5, 0.6) is 5.75 Å². The lowest BCUT2D eigenvalue weighted by Gasteiger charge is -2.25. The number of hydrogen-bond acceptors (Lipinski definition) is 4. The van der Waals surface area contributed by atoms with Crippen LogP contribution in [-0.4, -0.2) is 18.1 Å². The topological polar surface area (TPSA) is 55.8 Å². The van der Waals surface area contributed by atoms with Gasteiger partial charge in [-0.1, -0.05) is 98.3 Å². The van der Waals surface area contributed by atoms with Crippen molar-refractivity contribution in [2.24, 2.45) is 0 Å². The standard InChI is InChI=1S/C34H32F3NO4/c1-2-3-10-25-15-17-26(18-16-25)22-38(33(40)34(35,36)37)29-19-20-30(32(39)42-24-28-13-8-5-9-14-28)31(21-29)41-23-27-11-6-4-7-12-27/h4-9,11-21H,2-3,10,22-24H2,1H3. The Morgan fingerprint density at radius 2 is 1.33 bits per heavy atom. The minimum absolute atomic E-state index is 0.00398. The summed E-state index contributed by atoms with van der Waals surface area (Å²) in [5, 5.41) is 0. The highest BCUT2D eigenvalue weighted by Crippen LogP contribution is 2.32. The Hall–Kier alpha value is -4.59. The van der Waals surface area contributed by atoms with Crippen molar-refractivity contribution in [2.45, 2.75) is 52.1 Å². The predicted octanol–water partition coefficient (Wildman–Crippen LogP) is 8.06. The summed E-state index contributed by atoms with van der Waals surface area (Å²) >= 11 is 0. The van der Waals surface area contributed by atoms with E-state index in [0.717, 1.165) is 36.0 Å². The molecule has 1 amide bonds. The Balaban J connectivity index is 1.64. The van der Waals surface area contributed by atoms with Gasteiger partial charge in [0, 0.05) is 11.8 Å². The van der Waals surface area contributed by atoms with E-state index in [4.69, 9.17) is 9.47 Å². The molecule has 4 aromatic rings. The molecule has 5 nitrogen and oxygen atoms in total. The lowest BCUT2D eigenvalue weighted by molar-refractivity contribution is -0.170. The molecule has 0 aliphatic rings. The highest BCUT2D eigenvalue weighted by Gasteiger charge is 2.43. The van der Waals surface area contributed by atoms with Crippen molar-refractivity contribution >= 4 is 17.6 Å². The molecule has 0 atom stereocenters. The third kappa shape index (κ3) is 8.46. The molecular formula is C34H32F3NO4. The molecular weight excluding hydrogens is 543 g/mol. The van der Waals surface area contributed by atoms with E-state index >= 15 is 0 Å². The molecule has 218 valence electrons. The molecule has 0 unspecified atom stereocenters. The first kappa shape index (κ1) is 30.4. The average molecular weight is 576 g/mol. The highest BCUT2D eigenvalue weighted by atomic mass is 19.4. The van der Waals surface area contributed by atoms with Crippen molar-refractivity contribution in [3.05, 3.63) is 131 Å². The number of unbranched alkanes of at least 4 members (excludes halogenated alkanes) is 1. The summed E-state index contributed by atoms with van der Waals surface area (Å²) in [5.41, 5.74) is 3.14. The van der Waals surface area contributed by atoms with Gasteiger partial charge in [0.1, 0.15) is 24.5 Å². The van der Waals surface area contributed by atoms with Crippen LogP contribution in [-0.2, 0) is 35.7 Å². The van der Waals surface area contributed by atoms with Gasteiger partial charge in [-0.25, -0.2) is 4.79 Å². The zero-order valence-electron chi connectivity index (χ0n) is 23.3. The maximum Gasteiger partial charge on any atom is 0.471 e. The van der Waals surface area contributed by atoms with Crippen LogP contribution in [0.3, 0.4) is 0 Å². The SMILES string of the molecule is CCCCc1ccc(CN(C(=O)C(F)(F)F)c2ccc(C(=O)OCc3ccccc3)c(OCc3ccccc3)c2)cc1. The minimum Gasteiger partial charge on any atom is -0.488 e. The maximum absolute atomic E-state index is 13.7. The molecule has 8 heteroatoms. The van der Waals surface area contributed by atoms with Gasteiger partial charge < -0.3 is 14.4 Å². The molecule has 0 saturated heterocycles. The largest absolute Gasteiger partial charge is 0.488 e. The van der Waals surface area contributed by atoms with E-state index < -0.39 is 18.1 Å². The van der Waals surface area contributed by atoms with Crippen LogP contribution >= 0.6 is 0 Å². The van der Waals surface area contributed by atoms with Crippen molar-refractivity contribution in [1.82, 2.24) is 0 Å². The fourth-order valence-electron chi connectivity index (χ4n) is 4.31. The fraction of sp³-hybridized carbons (Fsp3) is 0.235. The maximum atomic E-state index is 13.7. The van der Waals surface area contributed by atoms with Crippen LogP contribution in [0.2, 0.25) is 0 Å². The van der Waals surface area contributed by atoms with E-state index in [-0.39, 0.29) is 36.8 Å². The number of esters is 1. The first-order valence-electron chi connectivity index (χ1n) is 13.7. The summed E-state index contributed by atoms with van der Waals surface area (Å²) in [5.74, 6) is -2.72. The minimum atomic E-state index is -5.11. The second-order valence-corrected chi connectivity index (χ2v) is 9.83. The third-order valence-corrected chi connectivity index (χ3v) is 6.62. The normalized spacial score (nSPS) is 11.1. The molecule has 0 N–H and O–H groups in total.